The van der Waals surface area contributed by atoms with E-state index >= 15 is 0 Å². The zero-order valence-corrected chi connectivity index (χ0v) is 7.37. The molecule has 0 aromatic carbocycles. The minimum absolute atomic E-state index is 0.0317. The summed E-state index contributed by atoms with van der Waals surface area (Å²) in [6.07, 6.45) is 0.550. The van der Waals surface area contributed by atoms with Gasteiger partial charge >= 0.3 is 5.97 Å². The second kappa shape index (κ2) is 3.26. The highest BCUT2D eigenvalue weighted by Crippen LogP contribution is 2.15. The van der Waals surface area contributed by atoms with Gasteiger partial charge in [-0.05, 0) is 6.07 Å². The molecule has 74 valence electrons. The number of aromatic nitrogens is 1. The van der Waals surface area contributed by atoms with Gasteiger partial charge < -0.3 is 14.8 Å². The van der Waals surface area contributed by atoms with Crippen LogP contribution in [-0.2, 0) is 11.2 Å². The van der Waals surface area contributed by atoms with Gasteiger partial charge in [0.1, 0.15) is 12.3 Å². The molecule has 14 heavy (non-hydrogen) atoms. The molecule has 2 N–H and O–H groups in total. The van der Waals surface area contributed by atoms with Crippen molar-refractivity contribution in [2.24, 2.45) is 0 Å². The molecule has 0 bridgehead atoms. The fraction of sp³-hybridized carbons (Fsp3) is 0.333. The predicted octanol–water partition coefficient (Wildman–Crippen LogP) is 0.468. The fourth-order valence-corrected chi connectivity index (χ4v) is 1.48. The predicted molar refractivity (Wildman–Crippen MR) is 46.6 cm³/mol. The summed E-state index contributed by atoms with van der Waals surface area (Å²) in [6, 6.07) is 1.37. The van der Waals surface area contributed by atoms with E-state index < -0.39 is 5.97 Å². The summed E-state index contributed by atoms with van der Waals surface area (Å²) >= 11 is 0. The minimum atomic E-state index is -1.05. The first-order chi connectivity index (χ1) is 6.68. The average Bonchev–Trinajstić information content (AvgIpc) is 2.49. The van der Waals surface area contributed by atoms with Gasteiger partial charge in [-0.3, -0.25) is 4.79 Å². The molecule has 0 aliphatic carbocycles. The minimum Gasteiger partial charge on any atom is -0.477 e. The van der Waals surface area contributed by atoms with Gasteiger partial charge in [-0.15, -0.1) is 0 Å². The van der Waals surface area contributed by atoms with Crippen LogP contribution in [0, 0.1) is 0 Å². The maximum atomic E-state index is 11.4. The molecule has 2 heterocycles. The molecule has 5 nitrogen and oxygen atoms in total. The molecule has 0 atom stereocenters. The maximum Gasteiger partial charge on any atom is 0.352 e. The van der Waals surface area contributed by atoms with Gasteiger partial charge in [-0.2, -0.15) is 0 Å². The number of hydrogen-bond donors (Lipinski definition) is 2. The first kappa shape index (κ1) is 8.96. The van der Waals surface area contributed by atoms with Crippen molar-refractivity contribution in [3.8, 4) is 0 Å². The Balaban J connectivity index is 2.44. The Hall–Kier alpha value is -1.62. The molecule has 2 rings (SSSR count). The Bertz CT molecular complexity index is 394. The van der Waals surface area contributed by atoms with E-state index in [4.69, 9.17) is 9.84 Å². The molecular weight excluding hydrogens is 186 g/mol. The molecular formula is C9H9NO4. The molecule has 1 aromatic heterocycles. The van der Waals surface area contributed by atoms with Gasteiger partial charge in [0.25, 0.3) is 0 Å². The number of aromatic carboxylic acids is 1. The molecule has 0 amide bonds. The Morgan fingerprint density at radius 1 is 1.57 bits per heavy atom. The standard InChI is InChI=1S/C9H9NO4/c11-8-4-14-2-1-6-5(8)3-7(10-6)9(12)13/h3,10H,1-2,4H2,(H,12,13). The molecule has 1 aliphatic rings. The number of carbonyl (C=O) groups excluding carboxylic acids is 1. The van der Waals surface area contributed by atoms with Gasteiger partial charge in [0.05, 0.1) is 6.61 Å². The third-order valence-corrected chi connectivity index (χ3v) is 2.16. The van der Waals surface area contributed by atoms with E-state index in [0.717, 1.165) is 0 Å². The van der Waals surface area contributed by atoms with Crippen LogP contribution in [0.5, 0.6) is 0 Å². The lowest BCUT2D eigenvalue weighted by Crippen LogP contribution is -2.05. The summed E-state index contributed by atoms with van der Waals surface area (Å²) in [4.78, 5) is 24.7. The van der Waals surface area contributed by atoms with Crippen molar-refractivity contribution < 1.29 is 19.4 Å². The molecule has 0 saturated heterocycles. The summed E-state index contributed by atoms with van der Waals surface area (Å²) in [6.45, 7) is 0.474. The number of carboxylic acid groups (broad SMARTS) is 1. The van der Waals surface area contributed by atoms with Crippen molar-refractivity contribution in [3.63, 3.8) is 0 Å². The number of carbonyl (C=O) groups is 2. The molecule has 0 unspecified atom stereocenters. The van der Waals surface area contributed by atoms with Crippen LogP contribution in [0.15, 0.2) is 6.07 Å². The lowest BCUT2D eigenvalue weighted by Gasteiger charge is -1.94. The van der Waals surface area contributed by atoms with Crippen LogP contribution in [0.1, 0.15) is 26.5 Å². The van der Waals surface area contributed by atoms with Gasteiger partial charge in [0.15, 0.2) is 5.78 Å². The largest absolute Gasteiger partial charge is 0.477 e. The zero-order chi connectivity index (χ0) is 10.1. The van der Waals surface area contributed by atoms with Gasteiger partial charge in [0.2, 0.25) is 0 Å². The number of H-pyrrole nitrogens is 1. The lowest BCUT2D eigenvalue weighted by atomic mass is 10.1. The topological polar surface area (TPSA) is 79.4 Å². The van der Waals surface area contributed by atoms with Crippen molar-refractivity contribution in [1.29, 1.82) is 0 Å². The van der Waals surface area contributed by atoms with Crippen LogP contribution < -0.4 is 0 Å². The highest BCUT2D eigenvalue weighted by atomic mass is 16.5. The number of Topliss-reactive ketones (excluding diaryl/α,β-unsaturated/α-hetero) is 1. The second-order valence-corrected chi connectivity index (χ2v) is 3.11. The summed E-state index contributed by atoms with van der Waals surface area (Å²) < 4.78 is 5.03. The summed E-state index contributed by atoms with van der Waals surface area (Å²) in [5.41, 5.74) is 1.16. The first-order valence-corrected chi connectivity index (χ1v) is 4.24. The number of hydrogen-bond acceptors (Lipinski definition) is 3. The first-order valence-electron chi connectivity index (χ1n) is 4.24. The normalized spacial score (nSPS) is 16.1. The summed E-state index contributed by atoms with van der Waals surface area (Å²) in [7, 11) is 0. The number of ether oxygens (including phenoxy) is 1. The molecule has 0 spiro atoms. The van der Waals surface area contributed by atoms with E-state index in [0.29, 0.717) is 24.3 Å². The van der Waals surface area contributed by atoms with Crippen molar-refractivity contribution in [2.75, 3.05) is 13.2 Å². The van der Waals surface area contributed by atoms with Crippen LogP contribution in [0.4, 0.5) is 0 Å². The highest BCUT2D eigenvalue weighted by Gasteiger charge is 2.20. The zero-order valence-electron chi connectivity index (χ0n) is 7.37. The van der Waals surface area contributed by atoms with Crippen LogP contribution in [0.2, 0.25) is 0 Å². The van der Waals surface area contributed by atoms with E-state index in [-0.39, 0.29) is 18.1 Å². The van der Waals surface area contributed by atoms with Crippen LogP contribution in [0.25, 0.3) is 0 Å². The van der Waals surface area contributed by atoms with Crippen LogP contribution in [-0.4, -0.2) is 35.1 Å². The monoisotopic (exact) mass is 195 g/mol. The van der Waals surface area contributed by atoms with E-state index in [9.17, 15) is 9.59 Å². The summed E-state index contributed by atoms with van der Waals surface area (Å²) in [5.74, 6) is -1.21. The number of nitrogens with one attached hydrogen (secondary N) is 1. The quantitative estimate of drug-likeness (QED) is 0.682. The third-order valence-electron chi connectivity index (χ3n) is 2.16. The maximum absolute atomic E-state index is 11.4. The van der Waals surface area contributed by atoms with E-state index in [1.165, 1.54) is 6.07 Å². The fourth-order valence-electron chi connectivity index (χ4n) is 1.48. The van der Waals surface area contributed by atoms with Gasteiger partial charge in [-0.1, -0.05) is 0 Å². The summed E-state index contributed by atoms with van der Waals surface area (Å²) in [5, 5.41) is 8.72. The number of carboxylic acids is 1. The van der Waals surface area contributed by atoms with Crippen LogP contribution >= 0.6 is 0 Å². The van der Waals surface area contributed by atoms with Crippen molar-refractivity contribution in [3.05, 3.63) is 23.0 Å². The van der Waals surface area contributed by atoms with E-state index in [1.54, 1.807) is 0 Å². The van der Waals surface area contributed by atoms with Crippen molar-refractivity contribution >= 4 is 11.8 Å². The Morgan fingerprint density at radius 3 is 3.07 bits per heavy atom. The Kier molecular flexibility index (Phi) is 2.09. The van der Waals surface area contributed by atoms with Crippen LogP contribution in [0.3, 0.4) is 0 Å². The number of rotatable bonds is 1. The van der Waals surface area contributed by atoms with Crippen molar-refractivity contribution in [2.45, 2.75) is 6.42 Å². The molecule has 5 heteroatoms. The van der Waals surface area contributed by atoms with Crippen molar-refractivity contribution in [1.82, 2.24) is 4.98 Å². The third kappa shape index (κ3) is 1.42. The molecule has 0 radical (unpaired) electrons. The molecule has 1 aromatic rings. The van der Waals surface area contributed by atoms with E-state index in [1.807, 2.05) is 0 Å². The molecule has 0 saturated carbocycles. The SMILES string of the molecule is O=C(O)c1cc2c([nH]1)CCOCC2=O. The Labute approximate surface area is 79.7 Å². The average molecular weight is 195 g/mol. The lowest BCUT2D eigenvalue weighted by molar-refractivity contribution is 0.0691. The number of fused-ring (bicyclic) bond motifs is 1. The number of aromatic amines is 1. The van der Waals surface area contributed by atoms with Gasteiger partial charge in [0, 0.05) is 17.7 Å². The van der Waals surface area contributed by atoms with E-state index in [2.05, 4.69) is 4.98 Å². The smallest absolute Gasteiger partial charge is 0.352 e. The number of ketones is 1. The highest BCUT2D eigenvalue weighted by molar-refractivity contribution is 6.00. The molecule has 1 aliphatic heterocycles. The Morgan fingerprint density at radius 2 is 2.36 bits per heavy atom. The second-order valence-electron chi connectivity index (χ2n) is 3.11. The van der Waals surface area contributed by atoms with Gasteiger partial charge in [-0.25, -0.2) is 4.79 Å². The molecule has 0 fully saturated rings.